The molecule has 1 fully saturated rings. The molecular formula is C11H18O. The predicted molar refractivity (Wildman–Crippen MR) is 49.7 cm³/mol. The van der Waals surface area contributed by atoms with Gasteiger partial charge in [0.25, 0.3) is 0 Å². The van der Waals surface area contributed by atoms with Crippen molar-refractivity contribution in [1.29, 1.82) is 0 Å². The lowest BCUT2D eigenvalue weighted by Crippen LogP contribution is -2.48. The van der Waals surface area contributed by atoms with Crippen LogP contribution in [0.4, 0.5) is 0 Å². The molecule has 0 radical (unpaired) electrons. The summed E-state index contributed by atoms with van der Waals surface area (Å²) in [7, 11) is 0. The number of hydrogen-bond donors (Lipinski definition) is 0. The molecule has 0 aromatic carbocycles. The van der Waals surface area contributed by atoms with Gasteiger partial charge in [0.2, 0.25) is 0 Å². The van der Waals surface area contributed by atoms with Crippen molar-refractivity contribution in [3.8, 4) is 0 Å². The minimum atomic E-state index is 0.513. The highest BCUT2D eigenvalue weighted by Gasteiger charge is 2.52. The monoisotopic (exact) mass is 166 g/mol. The van der Waals surface area contributed by atoms with E-state index in [9.17, 15) is 0 Å². The Kier molecular flexibility index (Phi) is 1.71. The van der Waals surface area contributed by atoms with E-state index in [-0.39, 0.29) is 0 Å². The van der Waals surface area contributed by atoms with Gasteiger partial charge in [0.1, 0.15) is 0 Å². The first-order valence-electron chi connectivity index (χ1n) is 4.99. The molecule has 0 N–H and O–H groups in total. The largest absolute Gasteiger partial charge is 0.498 e. The molecule has 0 aromatic rings. The van der Waals surface area contributed by atoms with Gasteiger partial charge in [-0.05, 0) is 37.2 Å². The first kappa shape index (κ1) is 8.15. The first-order chi connectivity index (χ1) is 5.66. The highest BCUT2D eigenvalue weighted by Crippen LogP contribution is 2.59. The Labute approximate surface area is 74.8 Å². The lowest BCUT2D eigenvalue weighted by molar-refractivity contribution is -0.0452. The van der Waals surface area contributed by atoms with Crippen LogP contribution in [0.15, 0.2) is 11.8 Å². The van der Waals surface area contributed by atoms with Crippen molar-refractivity contribution < 1.29 is 4.74 Å². The van der Waals surface area contributed by atoms with Gasteiger partial charge in [-0.15, -0.1) is 0 Å². The van der Waals surface area contributed by atoms with Gasteiger partial charge < -0.3 is 4.74 Å². The zero-order valence-electron chi connectivity index (χ0n) is 8.26. The Bertz CT molecular complexity index is 215. The molecule has 3 aliphatic carbocycles. The zero-order valence-corrected chi connectivity index (χ0v) is 8.26. The van der Waals surface area contributed by atoms with E-state index in [1.807, 2.05) is 0 Å². The minimum Gasteiger partial charge on any atom is -0.498 e. The summed E-state index contributed by atoms with van der Waals surface area (Å²) < 4.78 is 5.63. The Morgan fingerprint density at radius 2 is 2.33 bits per heavy atom. The van der Waals surface area contributed by atoms with Crippen LogP contribution in [-0.2, 0) is 4.74 Å². The maximum absolute atomic E-state index is 5.63. The third-order valence-electron chi connectivity index (χ3n) is 3.73. The topological polar surface area (TPSA) is 9.23 Å². The number of ether oxygens (including phenoxy) is 1. The summed E-state index contributed by atoms with van der Waals surface area (Å²) in [6, 6.07) is 0. The fourth-order valence-corrected chi connectivity index (χ4v) is 2.63. The Balaban J connectivity index is 2.13. The molecular weight excluding hydrogens is 148 g/mol. The van der Waals surface area contributed by atoms with Gasteiger partial charge in [0.15, 0.2) is 0 Å². The molecule has 12 heavy (non-hydrogen) atoms. The molecule has 0 amide bonds. The second kappa shape index (κ2) is 2.51. The van der Waals surface area contributed by atoms with Crippen LogP contribution < -0.4 is 0 Å². The molecule has 3 rings (SSSR count). The highest BCUT2D eigenvalue weighted by molar-refractivity contribution is 5.18. The van der Waals surface area contributed by atoms with Gasteiger partial charge in [0.05, 0.1) is 12.4 Å². The summed E-state index contributed by atoms with van der Waals surface area (Å²) in [5, 5.41) is 0. The molecule has 2 unspecified atom stereocenters. The summed E-state index contributed by atoms with van der Waals surface area (Å²) >= 11 is 0. The number of hydrogen-bond acceptors (Lipinski definition) is 1. The van der Waals surface area contributed by atoms with Crippen molar-refractivity contribution >= 4 is 0 Å². The molecule has 1 saturated carbocycles. The number of rotatable bonds is 2. The summed E-state index contributed by atoms with van der Waals surface area (Å²) in [5.74, 6) is 2.91. The molecule has 0 heterocycles. The molecule has 3 aliphatic rings. The fraction of sp³-hybridized carbons (Fsp3) is 0.818. The van der Waals surface area contributed by atoms with Crippen molar-refractivity contribution in [2.24, 2.45) is 17.3 Å². The second-order valence-electron chi connectivity index (χ2n) is 4.58. The van der Waals surface area contributed by atoms with E-state index in [1.165, 1.54) is 18.6 Å². The fourth-order valence-electron chi connectivity index (χ4n) is 2.63. The van der Waals surface area contributed by atoms with E-state index in [1.54, 1.807) is 0 Å². The quantitative estimate of drug-likeness (QED) is 0.612. The van der Waals surface area contributed by atoms with Crippen LogP contribution >= 0.6 is 0 Å². The maximum atomic E-state index is 5.63. The Morgan fingerprint density at radius 3 is 2.83 bits per heavy atom. The van der Waals surface area contributed by atoms with E-state index in [0.29, 0.717) is 5.41 Å². The van der Waals surface area contributed by atoms with Crippen LogP contribution in [0.5, 0.6) is 0 Å². The predicted octanol–water partition coefficient (Wildman–Crippen LogP) is 2.97. The summed E-state index contributed by atoms with van der Waals surface area (Å²) in [6.07, 6.45) is 4.89. The van der Waals surface area contributed by atoms with Crippen LogP contribution in [0, 0.1) is 17.3 Å². The molecule has 0 aromatic heterocycles. The molecule has 68 valence electrons. The Hall–Kier alpha value is -0.460. The van der Waals surface area contributed by atoms with Crippen molar-refractivity contribution in [3.05, 3.63) is 11.8 Å². The van der Waals surface area contributed by atoms with Gasteiger partial charge in [-0.2, -0.15) is 0 Å². The SMILES string of the molecule is CCOC1=CCC2CC1C2(C)C. The lowest BCUT2D eigenvalue weighted by Gasteiger charge is -2.55. The molecule has 0 spiro atoms. The van der Waals surface area contributed by atoms with Crippen LogP contribution in [-0.4, -0.2) is 6.61 Å². The summed E-state index contributed by atoms with van der Waals surface area (Å²) in [5.41, 5.74) is 0.513. The van der Waals surface area contributed by atoms with Crippen molar-refractivity contribution in [2.45, 2.75) is 33.6 Å². The molecule has 1 heteroatoms. The van der Waals surface area contributed by atoms with E-state index >= 15 is 0 Å². The highest BCUT2D eigenvalue weighted by atomic mass is 16.5. The molecule has 1 nitrogen and oxygen atoms in total. The molecule has 2 atom stereocenters. The second-order valence-corrected chi connectivity index (χ2v) is 4.58. The summed E-state index contributed by atoms with van der Waals surface area (Å²) in [6.45, 7) is 7.64. The van der Waals surface area contributed by atoms with Gasteiger partial charge >= 0.3 is 0 Å². The van der Waals surface area contributed by atoms with Crippen molar-refractivity contribution in [2.75, 3.05) is 6.61 Å². The van der Waals surface area contributed by atoms with Gasteiger partial charge in [0, 0.05) is 5.92 Å². The van der Waals surface area contributed by atoms with Crippen molar-refractivity contribution in [1.82, 2.24) is 0 Å². The molecule has 0 saturated heterocycles. The third-order valence-corrected chi connectivity index (χ3v) is 3.73. The van der Waals surface area contributed by atoms with E-state index in [0.717, 1.165) is 18.4 Å². The van der Waals surface area contributed by atoms with Gasteiger partial charge in [-0.1, -0.05) is 13.8 Å². The standard InChI is InChI=1S/C11H18O/c1-4-12-10-6-5-8-7-9(10)11(8,2)3/h6,8-9H,4-5,7H2,1-3H3. The molecule has 0 aliphatic heterocycles. The van der Waals surface area contributed by atoms with Gasteiger partial charge in [-0.3, -0.25) is 0 Å². The van der Waals surface area contributed by atoms with E-state index < -0.39 is 0 Å². The number of allylic oxidation sites excluding steroid dienone is 2. The third kappa shape index (κ3) is 0.917. The lowest BCUT2D eigenvalue weighted by atomic mass is 9.50. The minimum absolute atomic E-state index is 0.513. The van der Waals surface area contributed by atoms with Crippen molar-refractivity contribution in [3.63, 3.8) is 0 Å². The van der Waals surface area contributed by atoms with Crippen LogP contribution in [0.2, 0.25) is 0 Å². The normalized spacial score (nSPS) is 36.8. The van der Waals surface area contributed by atoms with Crippen LogP contribution in [0.1, 0.15) is 33.6 Å². The first-order valence-corrected chi connectivity index (χ1v) is 4.99. The number of fused-ring (bicyclic) bond motifs is 1. The average Bonchev–Trinajstić information content (AvgIpc) is 2.05. The van der Waals surface area contributed by atoms with Gasteiger partial charge in [-0.25, -0.2) is 0 Å². The van der Waals surface area contributed by atoms with E-state index in [2.05, 4.69) is 26.8 Å². The van der Waals surface area contributed by atoms with E-state index in [4.69, 9.17) is 4.74 Å². The Morgan fingerprint density at radius 1 is 1.58 bits per heavy atom. The summed E-state index contributed by atoms with van der Waals surface area (Å²) in [4.78, 5) is 0. The zero-order chi connectivity index (χ0) is 8.77. The smallest absolute Gasteiger partial charge is 0.0956 e. The van der Waals surface area contributed by atoms with Crippen LogP contribution in [0.25, 0.3) is 0 Å². The average molecular weight is 166 g/mol. The van der Waals surface area contributed by atoms with Crippen LogP contribution in [0.3, 0.4) is 0 Å². The maximum Gasteiger partial charge on any atom is 0.0956 e. The molecule has 2 bridgehead atoms.